The third-order valence-corrected chi connectivity index (χ3v) is 4.04. The molecule has 6 heteroatoms. The number of nitrogens with one attached hydrogen (secondary N) is 1. The molecule has 0 unspecified atom stereocenters. The first-order valence-electron chi connectivity index (χ1n) is 8.65. The Hall–Kier alpha value is -2.86. The van der Waals surface area contributed by atoms with Crippen molar-refractivity contribution in [3.05, 3.63) is 71.8 Å². The number of alkyl carbamates (subject to hydrolysis) is 1. The number of carbonyl (C=O) groups excluding carboxylic acids is 1. The second-order valence-corrected chi connectivity index (χ2v) is 7.37. The highest BCUT2D eigenvalue weighted by atomic mass is 16.6. The molecular formula is C21H25NO5. The van der Waals surface area contributed by atoms with E-state index in [-0.39, 0.29) is 6.42 Å². The van der Waals surface area contributed by atoms with Crippen molar-refractivity contribution in [2.75, 3.05) is 0 Å². The highest BCUT2D eigenvalue weighted by Crippen LogP contribution is 2.31. The summed E-state index contributed by atoms with van der Waals surface area (Å²) >= 11 is 0. The normalized spacial score (nSPS) is 14.7. The molecule has 0 saturated carbocycles. The minimum Gasteiger partial charge on any atom is -0.479 e. The van der Waals surface area contributed by atoms with Crippen molar-refractivity contribution >= 4 is 12.1 Å². The molecule has 2 rings (SSSR count). The first-order valence-corrected chi connectivity index (χ1v) is 8.65. The lowest BCUT2D eigenvalue weighted by molar-refractivity contribution is -0.151. The van der Waals surface area contributed by atoms with Gasteiger partial charge in [0.05, 0.1) is 0 Å². The highest BCUT2D eigenvalue weighted by Gasteiger charge is 2.46. The van der Waals surface area contributed by atoms with Crippen LogP contribution in [0, 0.1) is 0 Å². The molecule has 0 aromatic heterocycles. The highest BCUT2D eigenvalue weighted by molar-refractivity contribution is 5.77. The lowest BCUT2D eigenvalue weighted by Crippen LogP contribution is -2.59. The van der Waals surface area contributed by atoms with E-state index in [4.69, 9.17) is 4.74 Å². The van der Waals surface area contributed by atoms with E-state index in [1.54, 1.807) is 51.1 Å². The lowest BCUT2D eigenvalue weighted by Gasteiger charge is -2.38. The molecule has 2 aromatic carbocycles. The van der Waals surface area contributed by atoms with Gasteiger partial charge in [-0.1, -0.05) is 60.7 Å². The molecule has 1 amide bonds. The molecule has 144 valence electrons. The number of rotatable bonds is 6. The summed E-state index contributed by atoms with van der Waals surface area (Å²) in [7, 11) is 0. The van der Waals surface area contributed by atoms with E-state index in [1.165, 1.54) is 0 Å². The summed E-state index contributed by atoms with van der Waals surface area (Å²) in [5.74, 6) is -1.44. The van der Waals surface area contributed by atoms with E-state index >= 15 is 0 Å². The molecular weight excluding hydrogens is 346 g/mol. The lowest BCUT2D eigenvalue weighted by atomic mass is 9.79. The quantitative estimate of drug-likeness (QED) is 0.725. The van der Waals surface area contributed by atoms with Gasteiger partial charge >= 0.3 is 12.1 Å². The fourth-order valence-electron chi connectivity index (χ4n) is 2.89. The van der Waals surface area contributed by atoms with Gasteiger partial charge in [-0.15, -0.1) is 0 Å². The van der Waals surface area contributed by atoms with Crippen molar-refractivity contribution in [1.29, 1.82) is 0 Å². The monoisotopic (exact) mass is 371 g/mol. The summed E-state index contributed by atoms with van der Waals surface area (Å²) in [6.45, 7) is 5.13. The Morgan fingerprint density at radius 1 is 1.00 bits per heavy atom. The number of carbonyl (C=O) groups is 2. The van der Waals surface area contributed by atoms with E-state index in [1.807, 2.05) is 30.3 Å². The SMILES string of the molecule is CC(C)(C)OC(=O)N[C@@](Cc1ccccc1)(c1ccccc1)[C@@H](O)C(=O)O. The Morgan fingerprint density at radius 3 is 2.00 bits per heavy atom. The fourth-order valence-corrected chi connectivity index (χ4v) is 2.89. The van der Waals surface area contributed by atoms with Crippen LogP contribution in [-0.2, 0) is 21.5 Å². The van der Waals surface area contributed by atoms with Gasteiger partial charge in [0.15, 0.2) is 6.10 Å². The maximum Gasteiger partial charge on any atom is 0.408 e. The zero-order valence-electron chi connectivity index (χ0n) is 15.7. The molecule has 0 aliphatic carbocycles. The number of aliphatic hydroxyl groups is 1. The minimum absolute atomic E-state index is 0.0740. The van der Waals surface area contributed by atoms with Crippen LogP contribution in [0.3, 0.4) is 0 Å². The third kappa shape index (κ3) is 5.31. The number of benzene rings is 2. The minimum atomic E-state index is -1.88. The number of hydrogen-bond acceptors (Lipinski definition) is 4. The van der Waals surface area contributed by atoms with E-state index in [2.05, 4.69) is 5.32 Å². The van der Waals surface area contributed by atoms with E-state index in [9.17, 15) is 19.8 Å². The van der Waals surface area contributed by atoms with Crippen LogP contribution in [0.5, 0.6) is 0 Å². The van der Waals surface area contributed by atoms with Gasteiger partial charge < -0.3 is 20.3 Å². The van der Waals surface area contributed by atoms with Crippen molar-refractivity contribution in [3.63, 3.8) is 0 Å². The number of aliphatic carboxylic acids is 1. The second kappa shape index (κ2) is 8.22. The summed E-state index contributed by atoms with van der Waals surface area (Å²) in [6.07, 6.45) is -2.61. The summed E-state index contributed by atoms with van der Waals surface area (Å²) < 4.78 is 5.33. The van der Waals surface area contributed by atoms with Crippen molar-refractivity contribution in [3.8, 4) is 0 Å². The standard InChI is InChI=1S/C21H25NO5/c1-20(2,3)27-19(26)22-21(17(23)18(24)25,16-12-8-5-9-13-16)14-15-10-6-4-7-11-15/h4-13,17,23H,14H2,1-3H3,(H,22,26)(H,24,25)/t17-,21-/m0/s1. The largest absolute Gasteiger partial charge is 0.479 e. The zero-order chi connectivity index (χ0) is 20.1. The molecule has 0 aliphatic rings. The first kappa shape index (κ1) is 20.5. The smallest absolute Gasteiger partial charge is 0.408 e. The average Bonchev–Trinajstić information content (AvgIpc) is 2.60. The maximum atomic E-state index is 12.5. The number of ether oxygens (including phenoxy) is 1. The predicted octanol–water partition coefficient (Wildman–Crippen LogP) is 3.09. The first-order chi connectivity index (χ1) is 12.6. The van der Waals surface area contributed by atoms with Crippen LogP contribution in [0.4, 0.5) is 4.79 Å². The molecule has 0 bridgehead atoms. The fraction of sp³-hybridized carbons (Fsp3) is 0.333. The van der Waals surface area contributed by atoms with Crippen LogP contribution in [-0.4, -0.2) is 34.0 Å². The molecule has 0 aliphatic heterocycles. The second-order valence-electron chi connectivity index (χ2n) is 7.37. The number of aliphatic hydroxyl groups excluding tert-OH is 1. The van der Waals surface area contributed by atoms with Crippen molar-refractivity contribution in [2.45, 2.75) is 44.4 Å². The molecule has 0 radical (unpaired) electrons. The zero-order valence-corrected chi connectivity index (χ0v) is 15.7. The molecule has 3 N–H and O–H groups in total. The molecule has 0 fully saturated rings. The summed E-state index contributed by atoms with van der Waals surface area (Å²) in [6, 6.07) is 17.6. The molecule has 2 aromatic rings. The maximum absolute atomic E-state index is 12.5. The Balaban J connectivity index is 2.54. The molecule has 0 saturated heterocycles. The van der Waals surface area contributed by atoms with Crippen LogP contribution >= 0.6 is 0 Å². The number of carboxylic acid groups (broad SMARTS) is 1. The Morgan fingerprint density at radius 2 is 1.52 bits per heavy atom. The summed E-state index contributed by atoms with van der Waals surface area (Å²) in [5.41, 5.74) is -1.14. The van der Waals surface area contributed by atoms with Gasteiger partial charge in [0, 0.05) is 6.42 Å². The Bertz CT molecular complexity index is 770. The van der Waals surface area contributed by atoms with Gasteiger partial charge in [-0.05, 0) is 31.9 Å². The average molecular weight is 371 g/mol. The van der Waals surface area contributed by atoms with Gasteiger partial charge in [-0.2, -0.15) is 0 Å². The molecule has 27 heavy (non-hydrogen) atoms. The van der Waals surface area contributed by atoms with Crippen molar-refractivity contribution < 1.29 is 24.5 Å². The van der Waals surface area contributed by atoms with E-state index in [0.29, 0.717) is 5.56 Å². The van der Waals surface area contributed by atoms with Gasteiger partial charge in [-0.3, -0.25) is 0 Å². The number of carboxylic acids is 1. The summed E-state index contributed by atoms with van der Waals surface area (Å²) in [4.78, 5) is 24.3. The third-order valence-electron chi connectivity index (χ3n) is 4.04. The number of amides is 1. The van der Waals surface area contributed by atoms with Crippen LogP contribution in [0.15, 0.2) is 60.7 Å². The van der Waals surface area contributed by atoms with Crippen LogP contribution < -0.4 is 5.32 Å². The predicted molar refractivity (Wildman–Crippen MR) is 101 cm³/mol. The Kier molecular flexibility index (Phi) is 6.23. The van der Waals surface area contributed by atoms with Crippen LogP contribution in [0.25, 0.3) is 0 Å². The van der Waals surface area contributed by atoms with Crippen LogP contribution in [0.1, 0.15) is 31.9 Å². The number of hydrogen-bond donors (Lipinski definition) is 3. The summed E-state index contributed by atoms with van der Waals surface area (Å²) in [5, 5.41) is 22.8. The van der Waals surface area contributed by atoms with Gasteiger partial charge in [0.2, 0.25) is 0 Å². The van der Waals surface area contributed by atoms with Gasteiger partial charge in [-0.25, -0.2) is 9.59 Å². The topological polar surface area (TPSA) is 95.9 Å². The van der Waals surface area contributed by atoms with E-state index < -0.39 is 29.3 Å². The van der Waals surface area contributed by atoms with Crippen LogP contribution in [0.2, 0.25) is 0 Å². The molecule has 0 heterocycles. The Labute approximate surface area is 158 Å². The van der Waals surface area contributed by atoms with Gasteiger partial charge in [0.1, 0.15) is 11.1 Å². The molecule has 0 spiro atoms. The van der Waals surface area contributed by atoms with E-state index in [0.717, 1.165) is 5.56 Å². The molecule has 6 nitrogen and oxygen atoms in total. The van der Waals surface area contributed by atoms with Gasteiger partial charge in [0.25, 0.3) is 0 Å². The van der Waals surface area contributed by atoms with Crippen molar-refractivity contribution in [2.24, 2.45) is 0 Å². The van der Waals surface area contributed by atoms with Crippen molar-refractivity contribution in [1.82, 2.24) is 5.32 Å². The molecule has 2 atom stereocenters.